The van der Waals surface area contributed by atoms with E-state index in [2.05, 4.69) is 27.7 Å². The molecular formula is C24H29N3O3. The van der Waals surface area contributed by atoms with E-state index in [4.69, 9.17) is 4.74 Å². The Labute approximate surface area is 177 Å². The lowest BCUT2D eigenvalue weighted by Gasteiger charge is -2.35. The number of para-hydroxylation sites is 2. The summed E-state index contributed by atoms with van der Waals surface area (Å²) in [5, 5.41) is 6.07. The van der Waals surface area contributed by atoms with Crippen LogP contribution in [0.25, 0.3) is 0 Å². The van der Waals surface area contributed by atoms with Crippen LogP contribution < -0.4 is 20.3 Å². The van der Waals surface area contributed by atoms with E-state index in [0.29, 0.717) is 12.8 Å². The van der Waals surface area contributed by atoms with Gasteiger partial charge in [-0.05, 0) is 55.0 Å². The average Bonchev–Trinajstić information content (AvgIpc) is 3.13. The van der Waals surface area contributed by atoms with Crippen molar-refractivity contribution < 1.29 is 14.3 Å². The van der Waals surface area contributed by atoms with Gasteiger partial charge in [-0.2, -0.15) is 0 Å². The Balaban J connectivity index is 1.25. The number of hydrogen-bond donors (Lipinski definition) is 2. The maximum atomic E-state index is 12.5. The summed E-state index contributed by atoms with van der Waals surface area (Å²) in [6, 6.07) is 14.3. The van der Waals surface area contributed by atoms with Crippen molar-refractivity contribution >= 4 is 23.2 Å². The summed E-state index contributed by atoms with van der Waals surface area (Å²) in [5.41, 5.74) is 4.24. The Morgan fingerprint density at radius 2 is 2.13 bits per heavy atom. The number of piperidine rings is 1. The Bertz CT molecular complexity index is 928. The molecule has 158 valence electrons. The minimum absolute atomic E-state index is 0.0520. The van der Waals surface area contributed by atoms with Crippen molar-refractivity contribution in [2.24, 2.45) is 0 Å². The molecule has 1 unspecified atom stereocenters. The first kappa shape index (κ1) is 20.3. The average molecular weight is 408 g/mol. The molecular weight excluding hydrogens is 378 g/mol. The van der Waals surface area contributed by atoms with Crippen LogP contribution in [0, 0.1) is 0 Å². The van der Waals surface area contributed by atoms with E-state index >= 15 is 0 Å². The number of amides is 2. The van der Waals surface area contributed by atoms with Crippen molar-refractivity contribution in [2.45, 2.75) is 44.6 Å². The fourth-order valence-electron chi connectivity index (χ4n) is 4.40. The largest absolute Gasteiger partial charge is 0.495 e. The van der Waals surface area contributed by atoms with Gasteiger partial charge in [-0.25, -0.2) is 0 Å². The van der Waals surface area contributed by atoms with Crippen LogP contribution in [0.3, 0.4) is 0 Å². The van der Waals surface area contributed by atoms with Gasteiger partial charge in [0.25, 0.3) is 0 Å². The number of carbonyl (C=O) groups is 2. The molecule has 0 radical (unpaired) electrons. The molecule has 6 heteroatoms. The zero-order valence-electron chi connectivity index (χ0n) is 17.4. The number of benzene rings is 2. The van der Waals surface area contributed by atoms with Crippen molar-refractivity contribution in [1.82, 2.24) is 5.32 Å². The number of rotatable bonds is 7. The molecule has 2 aromatic rings. The first-order valence-corrected chi connectivity index (χ1v) is 10.7. The fraction of sp³-hybridized carbons (Fsp3) is 0.417. The van der Waals surface area contributed by atoms with Gasteiger partial charge in [0.05, 0.1) is 19.2 Å². The summed E-state index contributed by atoms with van der Waals surface area (Å²) in [6.45, 7) is 1.78. The monoisotopic (exact) mass is 407 g/mol. The predicted molar refractivity (Wildman–Crippen MR) is 118 cm³/mol. The van der Waals surface area contributed by atoms with E-state index in [1.165, 1.54) is 5.56 Å². The second-order valence-corrected chi connectivity index (χ2v) is 8.09. The highest BCUT2D eigenvalue weighted by molar-refractivity contribution is 5.99. The van der Waals surface area contributed by atoms with Gasteiger partial charge in [-0.1, -0.05) is 24.3 Å². The van der Waals surface area contributed by atoms with E-state index in [-0.39, 0.29) is 17.9 Å². The molecule has 1 fully saturated rings. The molecule has 0 saturated carbocycles. The highest BCUT2D eigenvalue weighted by Crippen LogP contribution is 2.30. The van der Waals surface area contributed by atoms with Crippen molar-refractivity contribution in [1.29, 1.82) is 0 Å². The molecule has 0 aliphatic carbocycles. The summed E-state index contributed by atoms with van der Waals surface area (Å²) in [6.07, 6.45) is 4.66. The number of aryl methyl sites for hydroxylation is 1. The molecule has 2 aromatic carbocycles. The summed E-state index contributed by atoms with van der Waals surface area (Å²) < 4.78 is 5.49. The molecule has 0 bridgehead atoms. The van der Waals surface area contributed by atoms with Crippen molar-refractivity contribution in [3.05, 3.63) is 53.6 Å². The van der Waals surface area contributed by atoms with Crippen LogP contribution in [0.5, 0.6) is 5.75 Å². The van der Waals surface area contributed by atoms with Crippen molar-refractivity contribution in [2.75, 3.05) is 30.4 Å². The number of fused-ring (bicyclic) bond motifs is 1. The maximum Gasteiger partial charge on any atom is 0.228 e. The second-order valence-electron chi connectivity index (χ2n) is 8.09. The molecule has 4 rings (SSSR count). The zero-order chi connectivity index (χ0) is 20.9. The van der Waals surface area contributed by atoms with Gasteiger partial charge < -0.3 is 20.3 Å². The summed E-state index contributed by atoms with van der Waals surface area (Å²) >= 11 is 0. The Morgan fingerprint density at radius 1 is 1.27 bits per heavy atom. The predicted octanol–water partition coefficient (Wildman–Crippen LogP) is 3.30. The van der Waals surface area contributed by atoms with Gasteiger partial charge in [-0.15, -0.1) is 0 Å². The number of anilines is 2. The lowest BCUT2D eigenvalue weighted by atomic mass is 10.0. The molecule has 1 saturated heterocycles. The molecule has 30 heavy (non-hydrogen) atoms. The van der Waals surface area contributed by atoms with Crippen LogP contribution in [0.15, 0.2) is 42.5 Å². The molecule has 2 amide bonds. The van der Waals surface area contributed by atoms with Crippen LogP contribution in [0.4, 0.5) is 11.4 Å². The minimum atomic E-state index is 0.0520. The molecule has 2 N–H and O–H groups in total. The van der Waals surface area contributed by atoms with Crippen molar-refractivity contribution in [3.8, 4) is 5.75 Å². The standard InChI is InChI=1S/C24H29N3O3/c1-30-22-9-3-2-8-21(22)27-13-5-7-19(16-27)25-23(28)10-4-6-17-11-12-20-18(14-17)15-24(29)26-20/h2-3,8-9,11-12,14,19H,4-7,10,13,15-16H2,1H3,(H,25,28)(H,26,29). The highest BCUT2D eigenvalue weighted by Gasteiger charge is 2.23. The highest BCUT2D eigenvalue weighted by atomic mass is 16.5. The lowest BCUT2D eigenvalue weighted by molar-refractivity contribution is -0.122. The third kappa shape index (κ3) is 4.75. The fourth-order valence-corrected chi connectivity index (χ4v) is 4.40. The Morgan fingerprint density at radius 3 is 3.00 bits per heavy atom. The van der Waals surface area contributed by atoms with Crippen LogP contribution in [-0.2, 0) is 22.4 Å². The normalized spacial score (nSPS) is 18.0. The van der Waals surface area contributed by atoms with Crippen LogP contribution in [0.2, 0.25) is 0 Å². The van der Waals surface area contributed by atoms with E-state index in [9.17, 15) is 9.59 Å². The summed E-state index contributed by atoms with van der Waals surface area (Å²) in [7, 11) is 1.69. The smallest absolute Gasteiger partial charge is 0.228 e. The van der Waals surface area contributed by atoms with Crippen LogP contribution in [0.1, 0.15) is 36.8 Å². The van der Waals surface area contributed by atoms with Gasteiger partial charge in [0.1, 0.15) is 5.75 Å². The quantitative estimate of drug-likeness (QED) is 0.739. The molecule has 2 aliphatic heterocycles. The third-order valence-corrected chi connectivity index (χ3v) is 5.88. The maximum absolute atomic E-state index is 12.5. The van der Waals surface area contributed by atoms with Gasteiger partial charge in [0.2, 0.25) is 11.8 Å². The van der Waals surface area contributed by atoms with E-state index in [0.717, 1.165) is 61.5 Å². The van der Waals surface area contributed by atoms with Gasteiger partial charge >= 0.3 is 0 Å². The number of methoxy groups -OCH3 is 1. The van der Waals surface area contributed by atoms with E-state index in [1.807, 2.05) is 30.3 Å². The minimum Gasteiger partial charge on any atom is -0.495 e. The molecule has 0 aromatic heterocycles. The molecule has 0 spiro atoms. The first-order chi connectivity index (χ1) is 14.6. The second kappa shape index (κ2) is 9.20. The number of hydrogen-bond acceptors (Lipinski definition) is 4. The van der Waals surface area contributed by atoms with Gasteiger partial charge in [0.15, 0.2) is 0 Å². The molecule has 1 atom stereocenters. The number of nitrogens with one attached hydrogen (secondary N) is 2. The number of ether oxygens (including phenoxy) is 1. The van der Waals surface area contributed by atoms with E-state index in [1.54, 1.807) is 7.11 Å². The number of nitrogens with zero attached hydrogens (tertiary/aromatic N) is 1. The Hall–Kier alpha value is -3.02. The lowest BCUT2D eigenvalue weighted by Crippen LogP contribution is -2.47. The zero-order valence-corrected chi connectivity index (χ0v) is 17.4. The summed E-state index contributed by atoms with van der Waals surface area (Å²) in [5.74, 6) is 1.03. The third-order valence-electron chi connectivity index (χ3n) is 5.88. The van der Waals surface area contributed by atoms with Crippen LogP contribution >= 0.6 is 0 Å². The topological polar surface area (TPSA) is 70.7 Å². The SMILES string of the molecule is COc1ccccc1N1CCCC(NC(=O)CCCc2ccc3c(c2)CC(=O)N3)C1. The summed E-state index contributed by atoms with van der Waals surface area (Å²) in [4.78, 5) is 26.3. The first-order valence-electron chi connectivity index (χ1n) is 10.7. The molecule has 6 nitrogen and oxygen atoms in total. The van der Waals surface area contributed by atoms with Crippen LogP contribution in [-0.4, -0.2) is 38.1 Å². The molecule has 2 heterocycles. The van der Waals surface area contributed by atoms with Gasteiger partial charge in [-0.3, -0.25) is 9.59 Å². The van der Waals surface area contributed by atoms with E-state index < -0.39 is 0 Å². The molecule has 2 aliphatic rings. The number of carbonyl (C=O) groups excluding carboxylic acids is 2. The van der Waals surface area contributed by atoms with Gasteiger partial charge in [0, 0.05) is 31.2 Å². The Kier molecular flexibility index (Phi) is 6.21. The van der Waals surface area contributed by atoms with Crippen molar-refractivity contribution in [3.63, 3.8) is 0 Å².